The SMILES string of the molecule is O=C(Nc1cccc2cccnc12)c1ccnc(Nc2ccccc2Cl)c1. The molecule has 2 heterocycles. The number of amides is 1. The van der Waals surface area contributed by atoms with Crippen LogP contribution in [0, 0.1) is 0 Å². The van der Waals surface area contributed by atoms with E-state index in [1.54, 1.807) is 30.6 Å². The fourth-order valence-electron chi connectivity index (χ4n) is 2.74. The predicted octanol–water partition coefficient (Wildman–Crippen LogP) is 5.28. The third kappa shape index (κ3) is 3.73. The largest absolute Gasteiger partial charge is 0.339 e. The number of carbonyl (C=O) groups excluding carboxylic acids is 1. The summed E-state index contributed by atoms with van der Waals surface area (Å²) in [5.74, 6) is 0.296. The normalized spacial score (nSPS) is 10.6. The maximum absolute atomic E-state index is 12.7. The number of rotatable bonds is 4. The number of aromatic nitrogens is 2. The number of nitrogens with one attached hydrogen (secondary N) is 2. The van der Waals surface area contributed by atoms with Crippen LogP contribution in [0.5, 0.6) is 0 Å². The molecular formula is C21H15ClN4O. The van der Waals surface area contributed by atoms with Crippen LogP contribution in [0.4, 0.5) is 17.2 Å². The van der Waals surface area contributed by atoms with Crippen LogP contribution in [-0.4, -0.2) is 15.9 Å². The molecule has 2 aromatic carbocycles. The molecule has 2 N–H and O–H groups in total. The zero-order chi connectivity index (χ0) is 18.6. The lowest BCUT2D eigenvalue weighted by Crippen LogP contribution is -2.13. The minimum Gasteiger partial charge on any atom is -0.339 e. The summed E-state index contributed by atoms with van der Waals surface area (Å²) >= 11 is 6.16. The topological polar surface area (TPSA) is 66.9 Å². The van der Waals surface area contributed by atoms with Gasteiger partial charge in [0.15, 0.2) is 0 Å². The Morgan fingerprint density at radius 3 is 2.56 bits per heavy atom. The Balaban J connectivity index is 1.58. The fourth-order valence-corrected chi connectivity index (χ4v) is 2.92. The molecule has 132 valence electrons. The first-order valence-electron chi connectivity index (χ1n) is 8.33. The van der Waals surface area contributed by atoms with Crippen molar-refractivity contribution in [1.29, 1.82) is 0 Å². The van der Waals surface area contributed by atoms with Gasteiger partial charge in [0.2, 0.25) is 0 Å². The van der Waals surface area contributed by atoms with Gasteiger partial charge in [-0.2, -0.15) is 0 Å². The van der Waals surface area contributed by atoms with Crippen molar-refractivity contribution >= 4 is 45.6 Å². The van der Waals surface area contributed by atoms with E-state index in [2.05, 4.69) is 20.6 Å². The van der Waals surface area contributed by atoms with Crippen molar-refractivity contribution in [2.75, 3.05) is 10.6 Å². The van der Waals surface area contributed by atoms with Crippen LogP contribution in [0.15, 0.2) is 79.1 Å². The molecule has 27 heavy (non-hydrogen) atoms. The number of benzene rings is 2. The zero-order valence-electron chi connectivity index (χ0n) is 14.2. The second-order valence-corrected chi connectivity index (χ2v) is 6.28. The number of halogens is 1. The smallest absolute Gasteiger partial charge is 0.255 e. The summed E-state index contributed by atoms with van der Waals surface area (Å²) in [6, 6.07) is 20.2. The van der Waals surface area contributed by atoms with Crippen LogP contribution in [0.25, 0.3) is 10.9 Å². The summed E-state index contributed by atoms with van der Waals surface area (Å²) < 4.78 is 0. The number of carbonyl (C=O) groups is 1. The molecular weight excluding hydrogens is 360 g/mol. The molecule has 0 saturated carbocycles. The molecule has 0 aliphatic rings. The van der Waals surface area contributed by atoms with E-state index in [-0.39, 0.29) is 5.91 Å². The van der Waals surface area contributed by atoms with Crippen molar-refractivity contribution in [3.63, 3.8) is 0 Å². The zero-order valence-corrected chi connectivity index (χ0v) is 14.9. The van der Waals surface area contributed by atoms with Crippen molar-refractivity contribution in [2.45, 2.75) is 0 Å². The highest BCUT2D eigenvalue weighted by Crippen LogP contribution is 2.25. The van der Waals surface area contributed by atoms with E-state index in [0.717, 1.165) is 16.6 Å². The molecule has 0 atom stereocenters. The van der Waals surface area contributed by atoms with Crippen LogP contribution < -0.4 is 10.6 Å². The molecule has 4 rings (SSSR count). The van der Waals surface area contributed by atoms with E-state index in [1.165, 1.54) is 0 Å². The third-order valence-corrected chi connectivity index (χ3v) is 4.37. The molecule has 0 spiro atoms. The van der Waals surface area contributed by atoms with Gasteiger partial charge in [-0.15, -0.1) is 0 Å². The van der Waals surface area contributed by atoms with Gasteiger partial charge in [-0.05, 0) is 36.4 Å². The lowest BCUT2D eigenvalue weighted by molar-refractivity contribution is 0.102. The van der Waals surface area contributed by atoms with Crippen molar-refractivity contribution < 1.29 is 4.79 Å². The van der Waals surface area contributed by atoms with Gasteiger partial charge in [-0.1, -0.05) is 41.9 Å². The molecule has 0 saturated heterocycles. The Kier molecular flexibility index (Phi) is 4.68. The van der Waals surface area contributed by atoms with E-state index in [1.807, 2.05) is 48.5 Å². The Bertz CT molecular complexity index is 1120. The first-order chi connectivity index (χ1) is 13.2. The van der Waals surface area contributed by atoms with Gasteiger partial charge in [0.1, 0.15) is 5.82 Å². The second-order valence-electron chi connectivity index (χ2n) is 5.87. The average Bonchev–Trinajstić information content (AvgIpc) is 2.70. The number of anilines is 3. The fraction of sp³-hybridized carbons (Fsp3) is 0. The minimum atomic E-state index is -0.238. The molecule has 2 aromatic heterocycles. The number of nitrogens with zero attached hydrogens (tertiary/aromatic N) is 2. The summed E-state index contributed by atoms with van der Waals surface area (Å²) in [6.07, 6.45) is 3.28. The number of fused-ring (bicyclic) bond motifs is 1. The van der Waals surface area contributed by atoms with E-state index >= 15 is 0 Å². The van der Waals surface area contributed by atoms with E-state index in [9.17, 15) is 4.79 Å². The molecule has 0 aliphatic carbocycles. The average molecular weight is 375 g/mol. The third-order valence-electron chi connectivity index (χ3n) is 4.04. The molecule has 5 nitrogen and oxygen atoms in total. The Hall–Kier alpha value is -3.44. The van der Waals surface area contributed by atoms with Crippen LogP contribution in [0.3, 0.4) is 0 Å². The maximum Gasteiger partial charge on any atom is 0.255 e. The Labute approximate surface area is 161 Å². The van der Waals surface area contributed by atoms with E-state index < -0.39 is 0 Å². The monoisotopic (exact) mass is 374 g/mol. The van der Waals surface area contributed by atoms with Gasteiger partial charge in [0, 0.05) is 23.3 Å². The molecule has 1 amide bonds. The van der Waals surface area contributed by atoms with Gasteiger partial charge in [0.25, 0.3) is 5.91 Å². The standard InChI is InChI=1S/C21H15ClN4O/c22-16-7-1-2-8-17(16)25-19-13-15(10-12-23-19)21(27)26-18-9-3-5-14-6-4-11-24-20(14)18/h1-13H,(H,23,25)(H,26,27). The lowest BCUT2D eigenvalue weighted by atomic mass is 10.1. The summed E-state index contributed by atoms with van der Waals surface area (Å²) in [5, 5.41) is 7.59. The second kappa shape index (κ2) is 7.43. The summed E-state index contributed by atoms with van der Waals surface area (Å²) in [7, 11) is 0. The highest BCUT2D eigenvalue weighted by molar-refractivity contribution is 6.33. The highest BCUT2D eigenvalue weighted by Gasteiger charge is 2.10. The van der Waals surface area contributed by atoms with Gasteiger partial charge in [-0.3, -0.25) is 9.78 Å². The van der Waals surface area contributed by atoms with Crippen molar-refractivity contribution in [3.05, 3.63) is 89.7 Å². The summed E-state index contributed by atoms with van der Waals surface area (Å²) in [4.78, 5) is 21.3. The summed E-state index contributed by atoms with van der Waals surface area (Å²) in [6.45, 7) is 0. The molecule has 0 unspecified atom stereocenters. The number of hydrogen-bond acceptors (Lipinski definition) is 4. The summed E-state index contributed by atoms with van der Waals surface area (Å²) in [5.41, 5.74) is 2.61. The number of pyridine rings is 2. The van der Waals surface area contributed by atoms with Crippen LogP contribution in [0.1, 0.15) is 10.4 Å². The number of hydrogen-bond donors (Lipinski definition) is 2. The van der Waals surface area contributed by atoms with Crippen molar-refractivity contribution in [1.82, 2.24) is 9.97 Å². The lowest BCUT2D eigenvalue weighted by Gasteiger charge is -2.10. The van der Waals surface area contributed by atoms with E-state index in [0.29, 0.717) is 22.1 Å². The number of para-hydroxylation sites is 2. The Morgan fingerprint density at radius 2 is 1.67 bits per heavy atom. The van der Waals surface area contributed by atoms with Crippen molar-refractivity contribution in [2.24, 2.45) is 0 Å². The molecule has 4 aromatic rings. The molecule has 0 radical (unpaired) electrons. The molecule has 0 aliphatic heterocycles. The highest BCUT2D eigenvalue weighted by atomic mass is 35.5. The van der Waals surface area contributed by atoms with Crippen LogP contribution in [-0.2, 0) is 0 Å². The molecule has 0 fully saturated rings. The van der Waals surface area contributed by atoms with Gasteiger partial charge < -0.3 is 10.6 Å². The molecule has 6 heteroatoms. The first-order valence-corrected chi connectivity index (χ1v) is 8.71. The minimum absolute atomic E-state index is 0.238. The Morgan fingerprint density at radius 1 is 0.852 bits per heavy atom. The van der Waals surface area contributed by atoms with Gasteiger partial charge in [0.05, 0.1) is 21.9 Å². The molecule has 0 bridgehead atoms. The van der Waals surface area contributed by atoms with Gasteiger partial charge in [-0.25, -0.2) is 4.98 Å². The van der Waals surface area contributed by atoms with Crippen molar-refractivity contribution in [3.8, 4) is 0 Å². The van der Waals surface area contributed by atoms with Crippen LogP contribution in [0.2, 0.25) is 5.02 Å². The maximum atomic E-state index is 12.7. The quantitative estimate of drug-likeness (QED) is 0.510. The van der Waals surface area contributed by atoms with Crippen LogP contribution >= 0.6 is 11.6 Å². The van der Waals surface area contributed by atoms with Gasteiger partial charge >= 0.3 is 0 Å². The first kappa shape index (κ1) is 17.0. The predicted molar refractivity (Wildman–Crippen MR) is 109 cm³/mol. The van der Waals surface area contributed by atoms with E-state index in [4.69, 9.17) is 11.6 Å².